The third-order valence-corrected chi connectivity index (χ3v) is 2.77. The molecule has 0 saturated carbocycles. The van der Waals surface area contributed by atoms with E-state index in [2.05, 4.69) is 25.5 Å². The van der Waals surface area contributed by atoms with E-state index in [1.807, 2.05) is 0 Å². The highest BCUT2D eigenvalue weighted by molar-refractivity contribution is 5.88. The Kier molecular flexibility index (Phi) is 3.93. The molecule has 1 saturated heterocycles. The van der Waals surface area contributed by atoms with E-state index in [9.17, 15) is 4.79 Å². The van der Waals surface area contributed by atoms with Crippen LogP contribution in [0.3, 0.4) is 0 Å². The molecular weight excluding hydrogens is 234 g/mol. The first-order chi connectivity index (χ1) is 8.74. The summed E-state index contributed by atoms with van der Waals surface area (Å²) in [6, 6.07) is 1.66. The van der Waals surface area contributed by atoms with Crippen molar-refractivity contribution in [1.82, 2.24) is 15.3 Å². The van der Waals surface area contributed by atoms with E-state index >= 15 is 0 Å². The molecule has 1 fully saturated rings. The molecule has 0 aliphatic carbocycles. The summed E-state index contributed by atoms with van der Waals surface area (Å²) in [5.74, 6) is 0.716. The van der Waals surface area contributed by atoms with Gasteiger partial charge in [-0.1, -0.05) is 0 Å². The van der Waals surface area contributed by atoms with Crippen molar-refractivity contribution in [2.45, 2.75) is 0 Å². The number of anilines is 2. The van der Waals surface area contributed by atoms with Crippen LogP contribution in [0.15, 0.2) is 6.07 Å². The second-order valence-corrected chi connectivity index (χ2v) is 3.91. The summed E-state index contributed by atoms with van der Waals surface area (Å²) in [6.07, 6.45) is 0. The van der Waals surface area contributed by atoms with Gasteiger partial charge in [-0.15, -0.1) is 0 Å². The highest BCUT2D eigenvalue weighted by Gasteiger charge is 2.17. The number of rotatable bonds is 3. The molecule has 7 nitrogen and oxygen atoms in total. The molecule has 2 N–H and O–H groups in total. The van der Waals surface area contributed by atoms with Gasteiger partial charge in [-0.3, -0.25) is 0 Å². The Morgan fingerprint density at radius 1 is 1.44 bits per heavy atom. The lowest BCUT2D eigenvalue weighted by molar-refractivity contribution is 0.0594. The Bertz CT molecular complexity index is 431. The lowest BCUT2D eigenvalue weighted by Crippen LogP contribution is -2.44. The number of aromatic nitrogens is 2. The smallest absolute Gasteiger partial charge is 0.356 e. The zero-order valence-electron chi connectivity index (χ0n) is 10.6. The van der Waals surface area contributed by atoms with Crippen molar-refractivity contribution in [3.8, 4) is 0 Å². The van der Waals surface area contributed by atoms with Crippen molar-refractivity contribution in [1.29, 1.82) is 0 Å². The monoisotopic (exact) mass is 251 g/mol. The maximum atomic E-state index is 11.5. The standard InChI is InChI=1S/C11H17N5O2/c1-12-11-14-8(10(17)18-2)7-9(15-11)16-5-3-13-4-6-16/h7,13H,3-6H2,1-2H3,(H,12,14,15). The number of nitrogens with one attached hydrogen (secondary N) is 2. The van der Waals surface area contributed by atoms with E-state index in [4.69, 9.17) is 4.74 Å². The van der Waals surface area contributed by atoms with Gasteiger partial charge in [0.05, 0.1) is 7.11 Å². The molecule has 0 unspecified atom stereocenters. The van der Waals surface area contributed by atoms with E-state index in [0.29, 0.717) is 5.95 Å². The summed E-state index contributed by atoms with van der Waals surface area (Å²) in [7, 11) is 3.06. The van der Waals surface area contributed by atoms with Gasteiger partial charge in [0.25, 0.3) is 0 Å². The molecule has 18 heavy (non-hydrogen) atoms. The topological polar surface area (TPSA) is 79.4 Å². The van der Waals surface area contributed by atoms with Crippen LogP contribution in [0.1, 0.15) is 10.5 Å². The van der Waals surface area contributed by atoms with E-state index < -0.39 is 5.97 Å². The predicted molar refractivity (Wildman–Crippen MR) is 68.0 cm³/mol. The molecule has 2 rings (SSSR count). The molecule has 2 heterocycles. The number of ether oxygens (including phenoxy) is 1. The van der Waals surface area contributed by atoms with Crippen LogP contribution in [0.4, 0.5) is 11.8 Å². The number of carbonyl (C=O) groups excluding carboxylic acids is 1. The van der Waals surface area contributed by atoms with Crippen molar-refractivity contribution in [2.75, 3.05) is 50.6 Å². The third kappa shape index (κ3) is 2.67. The first-order valence-electron chi connectivity index (χ1n) is 5.85. The molecule has 1 aromatic heterocycles. The quantitative estimate of drug-likeness (QED) is 0.715. The fourth-order valence-electron chi connectivity index (χ4n) is 1.81. The summed E-state index contributed by atoms with van der Waals surface area (Å²) in [6.45, 7) is 3.54. The van der Waals surface area contributed by atoms with Crippen molar-refractivity contribution in [3.05, 3.63) is 11.8 Å². The molecule has 0 spiro atoms. The number of hydrogen-bond acceptors (Lipinski definition) is 7. The van der Waals surface area contributed by atoms with Crippen LogP contribution in [0.5, 0.6) is 0 Å². The van der Waals surface area contributed by atoms with Crippen molar-refractivity contribution in [3.63, 3.8) is 0 Å². The summed E-state index contributed by atoms with van der Waals surface area (Å²) < 4.78 is 4.69. The molecule has 0 radical (unpaired) electrons. The Morgan fingerprint density at radius 3 is 2.78 bits per heavy atom. The highest BCUT2D eigenvalue weighted by atomic mass is 16.5. The molecule has 1 aromatic rings. The zero-order valence-corrected chi connectivity index (χ0v) is 10.6. The number of methoxy groups -OCH3 is 1. The van der Waals surface area contributed by atoms with E-state index in [-0.39, 0.29) is 5.69 Å². The average Bonchev–Trinajstić information content (AvgIpc) is 2.46. The lowest BCUT2D eigenvalue weighted by atomic mass is 10.3. The van der Waals surface area contributed by atoms with Crippen LogP contribution >= 0.6 is 0 Å². The number of esters is 1. The van der Waals surface area contributed by atoms with Gasteiger partial charge in [-0.2, -0.15) is 4.98 Å². The van der Waals surface area contributed by atoms with Crippen LogP contribution in [-0.2, 0) is 4.74 Å². The van der Waals surface area contributed by atoms with Gasteiger partial charge in [0, 0.05) is 39.3 Å². The molecule has 7 heteroatoms. The lowest BCUT2D eigenvalue weighted by Gasteiger charge is -2.28. The van der Waals surface area contributed by atoms with E-state index in [0.717, 1.165) is 32.0 Å². The van der Waals surface area contributed by atoms with Crippen LogP contribution in [0.25, 0.3) is 0 Å². The van der Waals surface area contributed by atoms with Gasteiger partial charge < -0.3 is 20.3 Å². The van der Waals surface area contributed by atoms with Crippen molar-refractivity contribution < 1.29 is 9.53 Å². The Hall–Kier alpha value is -1.89. The molecule has 1 aliphatic heterocycles. The SMILES string of the molecule is CNc1nc(C(=O)OC)cc(N2CCNCC2)n1. The second-order valence-electron chi connectivity index (χ2n) is 3.91. The normalized spacial score (nSPS) is 15.3. The number of nitrogens with zero attached hydrogens (tertiary/aromatic N) is 3. The first kappa shape index (κ1) is 12.6. The van der Waals surface area contributed by atoms with E-state index in [1.165, 1.54) is 7.11 Å². The maximum absolute atomic E-state index is 11.5. The van der Waals surface area contributed by atoms with Crippen molar-refractivity contribution in [2.24, 2.45) is 0 Å². The fraction of sp³-hybridized carbons (Fsp3) is 0.545. The molecule has 0 atom stereocenters. The van der Waals surface area contributed by atoms with E-state index in [1.54, 1.807) is 13.1 Å². The minimum Gasteiger partial charge on any atom is -0.464 e. The number of carbonyl (C=O) groups is 1. The molecule has 98 valence electrons. The van der Waals surface area contributed by atoms with Gasteiger partial charge in [0.2, 0.25) is 5.95 Å². The predicted octanol–water partition coefficient (Wildman–Crippen LogP) is -0.285. The molecule has 0 bridgehead atoms. The molecular formula is C11H17N5O2. The van der Waals surface area contributed by atoms with Gasteiger partial charge >= 0.3 is 5.97 Å². The average molecular weight is 251 g/mol. The summed E-state index contributed by atoms with van der Waals surface area (Å²) in [5, 5.41) is 6.12. The molecule has 0 amide bonds. The van der Waals surface area contributed by atoms with Gasteiger partial charge in [0.15, 0.2) is 5.69 Å². The summed E-state index contributed by atoms with van der Waals surface area (Å²) in [5.41, 5.74) is 0.269. The van der Waals surface area contributed by atoms with Crippen LogP contribution in [-0.4, -0.2) is 56.3 Å². The van der Waals surface area contributed by atoms with Crippen LogP contribution in [0, 0.1) is 0 Å². The third-order valence-electron chi connectivity index (χ3n) is 2.77. The van der Waals surface area contributed by atoms with Crippen molar-refractivity contribution >= 4 is 17.7 Å². The minimum atomic E-state index is -0.453. The Labute approximate surface area is 106 Å². The zero-order chi connectivity index (χ0) is 13.0. The molecule has 0 aromatic carbocycles. The first-order valence-corrected chi connectivity index (χ1v) is 5.85. The summed E-state index contributed by atoms with van der Waals surface area (Å²) in [4.78, 5) is 22.1. The highest BCUT2D eigenvalue weighted by Crippen LogP contribution is 2.16. The van der Waals surface area contributed by atoms with Gasteiger partial charge in [-0.25, -0.2) is 9.78 Å². The van der Waals surface area contributed by atoms with Crippen LogP contribution < -0.4 is 15.5 Å². The second kappa shape index (κ2) is 5.63. The minimum absolute atomic E-state index is 0.269. The van der Waals surface area contributed by atoms with Gasteiger partial charge in [-0.05, 0) is 0 Å². The Morgan fingerprint density at radius 2 is 2.17 bits per heavy atom. The number of piperazine rings is 1. The molecule has 1 aliphatic rings. The van der Waals surface area contributed by atoms with Gasteiger partial charge in [0.1, 0.15) is 5.82 Å². The Balaban J connectivity index is 2.30. The largest absolute Gasteiger partial charge is 0.464 e. The maximum Gasteiger partial charge on any atom is 0.356 e. The number of hydrogen-bond donors (Lipinski definition) is 2. The fourth-order valence-corrected chi connectivity index (χ4v) is 1.81. The van der Waals surface area contributed by atoms with Crippen LogP contribution in [0.2, 0.25) is 0 Å². The summed E-state index contributed by atoms with van der Waals surface area (Å²) >= 11 is 0.